The predicted octanol–water partition coefficient (Wildman–Crippen LogP) is 2.85. The average Bonchev–Trinajstić information content (AvgIpc) is 2.74. The van der Waals surface area contributed by atoms with Crippen LogP contribution in [0.1, 0.15) is 25.3 Å². The second-order valence-electron chi connectivity index (χ2n) is 6.86. The summed E-state index contributed by atoms with van der Waals surface area (Å²) in [6.45, 7) is 2.25. The second-order valence-corrected chi connectivity index (χ2v) is 7.88. The number of hydrogen-bond donors (Lipinski definition) is 0. The number of thioether (sulfide) groups is 1. The SMILES string of the molecule is CCCC1=C(SCC(=O)OCc2ccccc2)C2C(=O)N(C)C(=O)[N+](C)=C2N=C1. The number of dihydropyridines is 1. The Morgan fingerprint density at radius 1 is 1.28 bits per heavy atom. The fourth-order valence-electron chi connectivity index (χ4n) is 3.25. The van der Waals surface area contributed by atoms with Gasteiger partial charge in [0.05, 0.1) is 19.8 Å². The normalized spacial score (nSPS) is 19.0. The van der Waals surface area contributed by atoms with E-state index in [1.54, 1.807) is 13.3 Å². The monoisotopic (exact) mass is 414 g/mol. The molecule has 2 aliphatic rings. The summed E-state index contributed by atoms with van der Waals surface area (Å²) in [7, 11) is 3.07. The number of nitrogens with zero attached hydrogens (tertiary/aromatic N) is 3. The lowest BCUT2D eigenvalue weighted by molar-refractivity contribution is -0.407. The Balaban J connectivity index is 1.77. The van der Waals surface area contributed by atoms with Crippen LogP contribution in [0.25, 0.3) is 0 Å². The number of aliphatic imine (C=N–C) groups is 1. The predicted molar refractivity (Wildman–Crippen MR) is 112 cm³/mol. The zero-order chi connectivity index (χ0) is 21.0. The third-order valence-corrected chi connectivity index (χ3v) is 5.98. The Morgan fingerprint density at radius 2 is 2.00 bits per heavy atom. The van der Waals surface area contributed by atoms with E-state index in [1.807, 2.05) is 37.3 Å². The van der Waals surface area contributed by atoms with Crippen molar-refractivity contribution in [3.05, 3.63) is 46.4 Å². The first-order valence-corrected chi connectivity index (χ1v) is 10.4. The number of urea groups is 1. The van der Waals surface area contributed by atoms with Crippen LogP contribution < -0.4 is 0 Å². The van der Waals surface area contributed by atoms with Crippen LogP contribution in [-0.4, -0.2) is 59.3 Å². The molecule has 3 amide bonds. The van der Waals surface area contributed by atoms with E-state index in [2.05, 4.69) is 4.99 Å². The number of amidine groups is 1. The van der Waals surface area contributed by atoms with Crippen LogP contribution in [0.3, 0.4) is 0 Å². The molecule has 0 spiro atoms. The number of benzene rings is 1. The lowest BCUT2D eigenvalue weighted by Crippen LogP contribution is -2.52. The Bertz CT molecular complexity index is 921. The average molecular weight is 415 g/mol. The molecule has 1 unspecified atom stereocenters. The Morgan fingerprint density at radius 3 is 2.69 bits per heavy atom. The van der Waals surface area contributed by atoms with Crippen molar-refractivity contribution >= 4 is 41.7 Å². The third-order valence-electron chi connectivity index (χ3n) is 4.79. The molecule has 0 aromatic heterocycles. The van der Waals surface area contributed by atoms with Gasteiger partial charge in [-0.25, -0.2) is 4.79 Å². The number of rotatable bonds is 7. The Hall–Kier alpha value is -2.74. The van der Waals surface area contributed by atoms with Gasteiger partial charge >= 0.3 is 17.9 Å². The molecule has 7 nitrogen and oxygen atoms in total. The van der Waals surface area contributed by atoms with Crippen LogP contribution in [0, 0.1) is 5.92 Å². The van der Waals surface area contributed by atoms with Crippen LogP contribution in [0.15, 0.2) is 45.8 Å². The molecule has 0 N–H and O–H groups in total. The van der Waals surface area contributed by atoms with E-state index < -0.39 is 11.9 Å². The maximum atomic E-state index is 12.9. The van der Waals surface area contributed by atoms with Crippen LogP contribution >= 0.6 is 11.8 Å². The van der Waals surface area contributed by atoms with Gasteiger partial charge in [0.25, 0.3) is 5.84 Å². The van der Waals surface area contributed by atoms with E-state index in [9.17, 15) is 14.4 Å². The van der Waals surface area contributed by atoms with Gasteiger partial charge < -0.3 is 4.74 Å². The third kappa shape index (κ3) is 4.48. The van der Waals surface area contributed by atoms with Crippen molar-refractivity contribution in [2.24, 2.45) is 10.9 Å². The largest absolute Gasteiger partial charge is 0.460 e. The van der Waals surface area contributed by atoms with Gasteiger partial charge in [0, 0.05) is 4.91 Å². The minimum absolute atomic E-state index is 0.0850. The molecule has 8 heteroatoms. The number of amides is 3. The fourth-order valence-corrected chi connectivity index (χ4v) is 4.32. The molecule has 1 aromatic rings. The van der Waals surface area contributed by atoms with Crippen molar-refractivity contribution in [2.45, 2.75) is 26.4 Å². The van der Waals surface area contributed by atoms with Gasteiger partial charge in [0.15, 0.2) is 5.92 Å². The topological polar surface area (TPSA) is 79.1 Å². The number of carbonyl (C=O) groups excluding carboxylic acids is 3. The van der Waals surface area contributed by atoms with E-state index in [0.717, 1.165) is 33.8 Å². The molecular formula is C21H24N3O4S+. The summed E-state index contributed by atoms with van der Waals surface area (Å²) in [6, 6.07) is 9.06. The van der Waals surface area contributed by atoms with E-state index in [0.29, 0.717) is 5.84 Å². The van der Waals surface area contributed by atoms with Gasteiger partial charge in [-0.2, -0.15) is 9.48 Å². The second kappa shape index (κ2) is 9.17. The van der Waals surface area contributed by atoms with E-state index in [-0.39, 0.29) is 24.2 Å². The smallest absolute Gasteiger partial charge is 0.445 e. The van der Waals surface area contributed by atoms with Gasteiger partial charge in [0.1, 0.15) is 12.8 Å². The summed E-state index contributed by atoms with van der Waals surface area (Å²) in [4.78, 5) is 43.6. The summed E-state index contributed by atoms with van der Waals surface area (Å²) < 4.78 is 6.74. The van der Waals surface area contributed by atoms with Crippen LogP contribution in [0.5, 0.6) is 0 Å². The van der Waals surface area contributed by atoms with Crippen molar-refractivity contribution in [2.75, 3.05) is 19.8 Å². The molecule has 0 saturated heterocycles. The summed E-state index contributed by atoms with van der Waals surface area (Å²) in [5.74, 6) is -0.859. The van der Waals surface area contributed by atoms with E-state index >= 15 is 0 Å². The molecule has 2 aliphatic heterocycles. The number of fused-ring (bicyclic) bond motifs is 1. The summed E-state index contributed by atoms with van der Waals surface area (Å²) >= 11 is 1.29. The number of ether oxygens (including phenoxy) is 1. The van der Waals surface area contributed by atoms with Crippen molar-refractivity contribution in [3.63, 3.8) is 0 Å². The molecule has 1 aromatic carbocycles. The Kier molecular flexibility index (Phi) is 6.64. The molecule has 0 aliphatic carbocycles. The number of allylic oxidation sites excluding steroid dienone is 1. The lowest BCUT2D eigenvalue weighted by Gasteiger charge is -2.28. The molecule has 0 saturated carbocycles. The van der Waals surface area contributed by atoms with Crippen molar-refractivity contribution in [3.8, 4) is 0 Å². The quantitative estimate of drug-likeness (QED) is 0.506. The lowest BCUT2D eigenvalue weighted by atomic mass is 9.96. The minimum Gasteiger partial charge on any atom is -0.460 e. The maximum Gasteiger partial charge on any atom is 0.445 e. The zero-order valence-electron chi connectivity index (χ0n) is 16.8. The van der Waals surface area contributed by atoms with Gasteiger partial charge in [-0.1, -0.05) is 43.7 Å². The molecular weight excluding hydrogens is 390 g/mol. The fraction of sp³-hybridized carbons (Fsp3) is 0.381. The highest BCUT2D eigenvalue weighted by Gasteiger charge is 2.48. The van der Waals surface area contributed by atoms with E-state index in [1.165, 1.54) is 23.4 Å². The van der Waals surface area contributed by atoms with Gasteiger partial charge in [0.2, 0.25) is 0 Å². The first-order valence-electron chi connectivity index (χ1n) is 9.45. The van der Waals surface area contributed by atoms with Crippen LogP contribution in [-0.2, 0) is 20.9 Å². The van der Waals surface area contributed by atoms with Crippen molar-refractivity contribution in [1.29, 1.82) is 0 Å². The van der Waals surface area contributed by atoms with Crippen LogP contribution in [0.2, 0.25) is 0 Å². The molecule has 1 atom stereocenters. The number of carbonyl (C=O) groups is 3. The highest BCUT2D eigenvalue weighted by Crippen LogP contribution is 2.36. The molecule has 0 fully saturated rings. The summed E-state index contributed by atoms with van der Waals surface area (Å²) in [5.41, 5.74) is 1.84. The molecule has 2 heterocycles. The standard InChI is InChI=1S/C21H24N3O4S/c1-4-8-15-11-22-19-17(20(26)24(3)21(27)23(19)2)18(15)29-13-16(25)28-12-14-9-6-5-7-10-14/h5-7,9-11,17H,4,8,12-13H2,1-3H3/q+1. The summed E-state index contributed by atoms with van der Waals surface area (Å²) in [6.07, 6.45) is 3.32. The maximum absolute atomic E-state index is 12.9. The zero-order valence-corrected chi connectivity index (χ0v) is 17.6. The molecule has 0 radical (unpaired) electrons. The molecule has 29 heavy (non-hydrogen) atoms. The molecule has 3 rings (SSSR count). The highest BCUT2D eigenvalue weighted by molar-refractivity contribution is 8.03. The molecule has 0 bridgehead atoms. The van der Waals surface area contributed by atoms with Gasteiger partial charge in [-0.3, -0.25) is 9.59 Å². The molecule has 152 valence electrons. The van der Waals surface area contributed by atoms with Crippen molar-refractivity contribution in [1.82, 2.24) is 4.90 Å². The highest BCUT2D eigenvalue weighted by atomic mass is 32.2. The summed E-state index contributed by atoms with van der Waals surface area (Å²) in [5, 5.41) is 0. The Labute approximate surface area is 174 Å². The first-order chi connectivity index (χ1) is 13.9. The van der Waals surface area contributed by atoms with Gasteiger partial charge in [-0.15, -0.1) is 16.8 Å². The first kappa shape index (κ1) is 21.0. The van der Waals surface area contributed by atoms with E-state index in [4.69, 9.17) is 4.74 Å². The number of esters is 1. The number of hydrogen-bond acceptors (Lipinski definition) is 6. The van der Waals surface area contributed by atoms with Crippen LogP contribution in [0.4, 0.5) is 4.79 Å². The minimum atomic E-state index is -0.666. The number of imide groups is 1. The van der Waals surface area contributed by atoms with Gasteiger partial charge in [-0.05, 0) is 17.6 Å². The van der Waals surface area contributed by atoms with Crippen molar-refractivity contribution < 1.29 is 23.7 Å².